The number of fused-ring (bicyclic) bond motifs is 3. The summed E-state index contributed by atoms with van der Waals surface area (Å²) >= 11 is 0. The fourth-order valence-corrected chi connectivity index (χ4v) is 3.43. The summed E-state index contributed by atoms with van der Waals surface area (Å²) in [5, 5.41) is 3.48. The summed E-state index contributed by atoms with van der Waals surface area (Å²) in [4.78, 5) is 7.10. The van der Waals surface area contributed by atoms with Crippen LogP contribution in [-0.2, 0) is 6.42 Å². The molecule has 4 nitrogen and oxygen atoms in total. The Morgan fingerprint density at radius 1 is 1.17 bits per heavy atom. The van der Waals surface area contributed by atoms with E-state index in [0.717, 1.165) is 43.9 Å². The van der Waals surface area contributed by atoms with E-state index in [-0.39, 0.29) is 0 Å². The van der Waals surface area contributed by atoms with Crippen LogP contribution < -0.4 is 15.0 Å². The molecule has 124 valence electrons. The SMILES string of the molecule is C1=Nc2ccc(OCCc3ccccc3)cc2N2CCNCC2C1. The van der Waals surface area contributed by atoms with Gasteiger partial charge >= 0.3 is 0 Å². The molecule has 0 aliphatic carbocycles. The second-order valence-corrected chi connectivity index (χ2v) is 6.33. The molecule has 1 fully saturated rings. The van der Waals surface area contributed by atoms with Crippen molar-refractivity contribution in [2.45, 2.75) is 18.9 Å². The van der Waals surface area contributed by atoms with Gasteiger partial charge in [-0.05, 0) is 17.7 Å². The standard InChI is InChI=1S/C20H23N3O/c1-2-4-16(5-3-1)9-13-24-18-6-7-19-20(14-18)23-12-11-21-15-17(23)8-10-22-19/h1-7,10,14,17,21H,8-9,11-13,15H2. The van der Waals surface area contributed by atoms with Crippen LogP contribution in [0.5, 0.6) is 5.75 Å². The molecular weight excluding hydrogens is 298 g/mol. The van der Waals surface area contributed by atoms with Gasteiger partial charge in [-0.25, -0.2) is 0 Å². The monoisotopic (exact) mass is 321 g/mol. The number of rotatable bonds is 4. The van der Waals surface area contributed by atoms with Crippen LogP contribution in [0.25, 0.3) is 0 Å². The third-order valence-electron chi connectivity index (χ3n) is 4.72. The molecule has 0 saturated carbocycles. The summed E-state index contributed by atoms with van der Waals surface area (Å²) in [5.74, 6) is 0.930. The van der Waals surface area contributed by atoms with Gasteiger partial charge in [0.25, 0.3) is 0 Å². The third-order valence-corrected chi connectivity index (χ3v) is 4.72. The topological polar surface area (TPSA) is 36.9 Å². The number of anilines is 1. The molecule has 2 aliphatic heterocycles. The second kappa shape index (κ2) is 7.05. The Labute approximate surface area is 143 Å². The zero-order valence-corrected chi connectivity index (χ0v) is 13.8. The summed E-state index contributed by atoms with van der Waals surface area (Å²) in [7, 11) is 0. The third kappa shape index (κ3) is 3.29. The Morgan fingerprint density at radius 2 is 2.08 bits per heavy atom. The normalized spacial score (nSPS) is 19.3. The highest BCUT2D eigenvalue weighted by Crippen LogP contribution is 2.36. The van der Waals surface area contributed by atoms with E-state index in [9.17, 15) is 0 Å². The lowest BCUT2D eigenvalue weighted by molar-refractivity contribution is 0.322. The zero-order chi connectivity index (χ0) is 16.2. The van der Waals surface area contributed by atoms with Gasteiger partial charge in [-0.3, -0.25) is 4.99 Å². The van der Waals surface area contributed by atoms with Gasteiger partial charge < -0.3 is 15.0 Å². The van der Waals surface area contributed by atoms with Crippen LogP contribution in [0.15, 0.2) is 53.5 Å². The largest absolute Gasteiger partial charge is 0.493 e. The Hall–Kier alpha value is -2.33. The van der Waals surface area contributed by atoms with Crippen molar-refractivity contribution >= 4 is 17.6 Å². The Bertz CT molecular complexity index is 714. The number of benzene rings is 2. The Morgan fingerprint density at radius 3 is 3.00 bits per heavy atom. The first-order chi connectivity index (χ1) is 11.9. The van der Waals surface area contributed by atoms with Gasteiger partial charge in [-0.1, -0.05) is 30.3 Å². The molecule has 1 N–H and O–H groups in total. The first-order valence-corrected chi connectivity index (χ1v) is 8.71. The maximum Gasteiger partial charge on any atom is 0.121 e. The number of aliphatic imine (C=N–C) groups is 1. The molecule has 0 spiro atoms. The Kier molecular flexibility index (Phi) is 4.47. The van der Waals surface area contributed by atoms with Gasteiger partial charge in [0.05, 0.1) is 18.0 Å². The van der Waals surface area contributed by atoms with Crippen molar-refractivity contribution in [2.24, 2.45) is 4.99 Å². The van der Waals surface area contributed by atoms with Crippen LogP contribution in [0.3, 0.4) is 0 Å². The second-order valence-electron chi connectivity index (χ2n) is 6.33. The van der Waals surface area contributed by atoms with Crippen molar-refractivity contribution < 1.29 is 4.74 Å². The maximum atomic E-state index is 6.00. The number of nitrogens with one attached hydrogen (secondary N) is 1. The van der Waals surface area contributed by atoms with Crippen molar-refractivity contribution in [3.05, 3.63) is 54.1 Å². The van der Waals surface area contributed by atoms with E-state index in [2.05, 4.69) is 51.6 Å². The molecule has 1 atom stereocenters. The van der Waals surface area contributed by atoms with Crippen molar-refractivity contribution in [3.63, 3.8) is 0 Å². The quantitative estimate of drug-likeness (QED) is 0.939. The number of piperazine rings is 1. The first kappa shape index (κ1) is 15.2. The average molecular weight is 321 g/mol. The van der Waals surface area contributed by atoms with Crippen molar-refractivity contribution in [1.29, 1.82) is 0 Å². The summed E-state index contributed by atoms with van der Waals surface area (Å²) < 4.78 is 6.00. The molecule has 24 heavy (non-hydrogen) atoms. The zero-order valence-electron chi connectivity index (χ0n) is 13.8. The van der Waals surface area contributed by atoms with E-state index in [1.807, 2.05) is 18.3 Å². The van der Waals surface area contributed by atoms with E-state index >= 15 is 0 Å². The summed E-state index contributed by atoms with van der Waals surface area (Å²) in [5.41, 5.74) is 3.56. The number of nitrogens with zero attached hydrogens (tertiary/aromatic N) is 2. The lowest BCUT2D eigenvalue weighted by atomic mass is 10.1. The predicted molar refractivity (Wildman–Crippen MR) is 98.9 cm³/mol. The molecule has 0 bridgehead atoms. The molecule has 0 radical (unpaired) electrons. The number of hydrogen-bond donors (Lipinski definition) is 1. The Balaban J connectivity index is 1.48. The minimum atomic E-state index is 0.489. The van der Waals surface area contributed by atoms with E-state index in [4.69, 9.17) is 4.74 Å². The molecule has 2 aliphatic rings. The first-order valence-electron chi connectivity index (χ1n) is 8.71. The molecule has 0 aromatic heterocycles. The van der Waals surface area contributed by atoms with Crippen LogP contribution >= 0.6 is 0 Å². The van der Waals surface area contributed by atoms with Gasteiger partial charge in [0.15, 0.2) is 0 Å². The van der Waals surface area contributed by atoms with Gasteiger partial charge in [0, 0.05) is 50.8 Å². The molecule has 4 rings (SSSR count). The fraction of sp³-hybridized carbons (Fsp3) is 0.350. The number of hydrogen-bond acceptors (Lipinski definition) is 4. The molecule has 4 heteroatoms. The lowest BCUT2D eigenvalue weighted by Gasteiger charge is -2.37. The van der Waals surface area contributed by atoms with E-state index < -0.39 is 0 Å². The summed E-state index contributed by atoms with van der Waals surface area (Å²) in [6.45, 7) is 3.76. The van der Waals surface area contributed by atoms with Crippen molar-refractivity contribution in [3.8, 4) is 5.75 Å². The highest BCUT2D eigenvalue weighted by Gasteiger charge is 2.25. The average Bonchev–Trinajstić information content (AvgIpc) is 2.82. The van der Waals surface area contributed by atoms with E-state index in [1.54, 1.807) is 0 Å². The smallest absolute Gasteiger partial charge is 0.121 e. The minimum Gasteiger partial charge on any atom is -0.493 e. The van der Waals surface area contributed by atoms with Gasteiger partial charge in [-0.2, -0.15) is 0 Å². The molecular formula is C20H23N3O. The van der Waals surface area contributed by atoms with Gasteiger partial charge in [-0.15, -0.1) is 0 Å². The van der Waals surface area contributed by atoms with Crippen LogP contribution in [0.1, 0.15) is 12.0 Å². The maximum absolute atomic E-state index is 6.00. The van der Waals surface area contributed by atoms with Crippen molar-refractivity contribution in [1.82, 2.24) is 5.32 Å². The minimum absolute atomic E-state index is 0.489. The highest BCUT2D eigenvalue weighted by molar-refractivity contribution is 5.78. The lowest BCUT2D eigenvalue weighted by Crippen LogP contribution is -2.51. The predicted octanol–water partition coefficient (Wildman–Crippen LogP) is 3.19. The van der Waals surface area contributed by atoms with E-state index in [0.29, 0.717) is 12.6 Å². The van der Waals surface area contributed by atoms with Crippen molar-refractivity contribution in [2.75, 3.05) is 31.1 Å². The molecule has 1 unspecified atom stereocenters. The van der Waals surface area contributed by atoms with Gasteiger partial charge in [0.1, 0.15) is 5.75 Å². The molecule has 2 aromatic carbocycles. The summed E-state index contributed by atoms with van der Waals surface area (Å²) in [6.07, 6.45) is 3.96. The molecule has 1 saturated heterocycles. The van der Waals surface area contributed by atoms with Gasteiger partial charge in [0.2, 0.25) is 0 Å². The van der Waals surface area contributed by atoms with Crippen LogP contribution in [0.2, 0.25) is 0 Å². The molecule has 0 amide bonds. The molecule has 2 heterocycles. The van der Waals surface area contributed by atoms with Crippen LogP contribution in [-0.4, -0.2) is 38.5 Å². The van der Waals surface area contributed by atoms with Crippen LogP contribution in [0.4, 0.5) is 11.4 Å². The van der Waals surface area contributed by atoms with Crippen LogP contribution in [0, 0.1) is 0 Å². The highest BCUT2D eigenvalue weighted by atomic mass is 16.5. The summed E-state index contributed by atoms with van der Waals surface area (Å²) in [6, 6.07) is 17.2. The number of ether oxygens (including phenoxy) is 1. The van der Waals surface area contributed by atoms with E-state index in [1.165, 1.54) is 11.3 Å². The fourth-order valence-electron chi connectivity index (χ4n) is 3.43. The molecule has 2 aromatic rings.